The van der Waals surface area contributed by atoms with Gasteiger partial charge in [-0.2, -0.15) is 0 Å². The average Bonchev–Trinajstić information content (AvgIpc) is 2.50. The van der Waals surface area contributed by atoms with Crippen LogP contribution in [0.2, 0.25) is 0 Å². The first-order valence-electron chi connectivity index (χ1n) is 3.79. The molecule has 2 rings (SSSR count). The minimum Gasteiger partial charge on any atom is -0.411 e. The zero-order valence-corrected chi connectivity index (χ0v) is 6.17. The molecule has 3 nitrogen and oxygen atoms in total. The Morgan fingerprint density at radius 3 is 3.18 bits per heavy atom. The summed E-state index contributed by atoms with van der Waals surface area (Å²) in [6, 6.07) is 2.04. The van der Waals surface area contributed by atoms with Gasteiger partial charge in [-0.3, -0.25) is 0 Å². The molecule has 0 saturated carbocycles. The number of oxime groups is 1. The number of nitrogens with one attached hydrogen (secondary N) is 1. The van der Waals surface area contributed by atoms with Gasteiger partial charge >= 0.3 is 0 Å². The van der Waals surface area contributed by atoms with Crippen LogP contribution in [0.25, 0.3) is 0 Å². The van der Waals surface area contributed by atoms with Gasteiger partial charge in [0.05, 0.1) is 5.69 Å². The second kappa shape index (κ2) is 2.42. The highest BCUT2D eigenvalue weighted by Gasteiger charge is 2.15. The third-order valence-electron chi connectivity index (χ3n) is 2.10. The molecular formula is C8H10N2O. The quantitative estimate of drug-likeness (QED) is 0.427. The molecule has 0 amide bonds. The van der Waals surface area contributed by atoms with Crippen molar-refractivity contribution in [2.45, 2.75) is 19.3 Å². The van der Waals surface area contributed by atoms with E-state index in [0.29, 0.717) is 0 Å². The minimum atomic E-state index is 0.788. The molecule has 11 heavy (non-hydrogen) atoms. The van der Waals surface area contributed by atoms with Crippen LogP contribution in [0.15, 0.2) is 17.4 Å². The normalized spacial score (nSPS) is 20.2. The molecule has 0 saturated heterocycles. The molecule has 0 bridgehead atoms. The lowest BCUT2D eigenvalue weighted by atomic mass is 9.96. The maximum Gasteiger partial charge on any atom is 0.103 e. The Morgan fingerprint density at radius 1 is 1.45 bits per heavy atom. The SMILES string of the molecule is O/N=C1/CCCc2cc[nH]c21. The maximum absolute atomic E-state index is 8.62. The summed E-state index contributed by atoms with van der Waals surface area (Å²) in [4.78, 5) is 3.07. The van der Waals surface area contributed by atoms with Crippen molar-refractivity contribution in [3.63, 3.8) is 0 Å². The van der Waals surface area contributed by atoms with E-state index < -0.39 is 0 Å². The van der Waals surface area contributed by atoms with E-state index in [1.54, 1.807) is 0 Å². The van der Waals surface area contributed by atoms with Gasteiger partial charge in [-0.25, -0.2) is 0 Å². The lowest BCUT2D eigenvalue weighted by Crippen LogP contribution is -2.10. The molecule has 0 spiro atoms. The summed E-state index contributed by atoms with van der Waals surface area (Å²) in [5, 5.41) is 11.9. The topological polar surface area (TPSA) is 48.4 Å². The molecule has 2 N–H and O–H groups in total. The summed E-state index contributed by atoms with van der Waals surface area (Å²) < 4.78 is 0. The van der Waals surface area contributed by atoms with Crippen molar-refractivity contribution in [1.29, 1.82) is 0 Å². The van der Waals surface area contributed by atoms with Crippen LogP contribution in [-0.2, 0) is 6.42 Å². The molecule has 58 valence electrons. The molecule has 3 heteroatoms. The first kappa shape index (κ1) is 6.46. The molecule has 1 aromatic heterocycles. The first-order valence-corrected chi connectivity index (χ1v) is 3.79. The highest BCUT2D eigenvalue weighted by atomic mass is 16.4. The molecule has 1 heterocycles. The van der Waals surface area contributed by atoms with Crippen LogP contribution in [0, 0.1) is 0 Å². The van der Waals surface area contributed by atoms with E-state index in [1.807, 2.05) is 12.3 Å². The fraction of sp³-hybridized carbons (Fsp3) is 0.375. The van der Waals surface area contributed by atoms with Crippen LogP contribution in [0.3, 0.4) is 0 Å². The molecule has 1 aliphatic carbocycles. The highest BCUT2D eigenvalue weighted by Crippen LogP contribution is 2.19. The van der Waals surface area contributed by atoms with Crippen LogP contribution in [0.4, 0.5) is 0 Å². The van der Waals surface area contributed by atoms with E-state index in [9.17, 15) is 0 Å². The van der Waals surface area contributed by atoms with E-state index in [-0.39, 0.29) is 0 Å². The number of aryl methyl sites for hydroxylation is 1. The third-order valence-corrected chi connectivity index (χ3v) is 2.10. The smallest absolute Gasteiger partial charge is 0.103 e. The van der Waals surface area contributed by atoms with Crippen molar-refractivity contribution in [3.8, 4) is 0 Å². The second-order valence-corrected chi connectivity index (χ2v) is 2.78. The van der Waals surface area contributed by atoms with Crippen LogP contribution >= 0.6 is 0 Å². The number of hydrogen-bond donors (Lipinski definition) is 2. The van der Waals surface area contributed by atoms with Crippen LogP contribution in [0.5, 0.6) is 0 Å². The Bertz CT molecular complexity index is 288. The van der Waals surface area contributed by atoms with Gasteiger partial charge in [0.2, 0.25) is 0 Å². The van der Waals surface area contributed by atoms with Gasteiger partial charge in [0.25, 0.3) is 0 Å². The molecule has 0 fully saturated rings. The van der Waals surface area contributed by atoms with E-state index in [4.69, 9.17) is 5.21 Å². The molecule has 1 aliphatic rings. The Labute approximate surface area is 64.7 Å². The summed E-state index contributed by atoms with van der Waals surface area (Å²) >= 11 is 0. The second-order valence-electron chi connectivity index (χ2n) is 2.78. The predicted octanol–water partition coefficient (Wildman–Crippen LogP) is 1.53. The highest BCUT2D eigenvalue weighted by molar-refractivity contribution is 6.00. The number of fused-ring (bicyclic) bond motifs is 1. The minimum absolute atomic E-state index is 0.788. The van der Waals surface area contributed by atoms with Gasteiger partial charge in [-0.05, 0) is 30.9 Å². The number of aromatic amines is 1. The number of H-pyrrole nitrogens is 1. The van der Waals surface area contributed by atoms with Crippen LogP contribution < -0.4 is 0 Å². The molecular weight excluding hydrogens is 140 g/mol. The van der Waals surface area contributed by atoms with Gasteiger partial charge in [0.15, 0.2) is 0 Å². The molecule has 0 aliphatic heterocycles. The zero-order valence-electron chi connectivity index (χ0n) is 6.17. The van der Waals surface area contributed by atoms with E-state index in [2.05, 4.69) is 10.1 Å². The molecule has 1 aromatic rings. The Balaban J connectivity index is 2.48. The third kappa shape index (κ3) is 0.926. The van der Waals surface area contributed by atoms with Crippen molar-refractivity contribution >= 4 is 5.71 Å². The zero-order chi connectivity index (χ0) is 7.68. The van der Waals surface area contributed by atoms with Gasteiger partial charge in [0.1, 0.15) is 5.71 Å². The number of aromatic nitrogens is 1. The Kier molecular flexibility index (Phi) is 1.42. The number of rotatable bonds is 0. The summed E-state index contributed by atoms with van der Waals surface area (Å²) in [5.41, 5.74) is 3.07. The van der Waals surface area contributed by atoms with Gasteiger partial charge in [-0.1, -0.05) is 5.16 Å². The summed E-state index contributed by atoms with van der Waals surface area (Å²) in [7, 11) is 0. The lowest BCUT2D eigenvalue weighted by molar-refractivity contribution is 0.317. The van der Waals surface area contributed by atoms with E-state index >= 15 is 0 Å². The Hall–Kier alpha value is -1.25. The average molecular weight is 150 g/mol. The summed E-state index contributed by atoms with van der Waals surface area (Å²) in [6.45, 7) is 0. The molecule has 0 unspecified atom stereocenters. The molecule has 0 aromatic carbocycles. The number of hydrogen-bond acceptors (Lipinski definition) is 2. The van der Waals surface area contributed by atoms with Crippen molar-refractivity contribution in [2.24, 2.45) is 5.16 Å². The molecule has 0 atom stereocenters. The fourth-order valence-corrected chi connectivity index (χ4v) is 1.55. The van der Waals surface area contributed by atoms with Crippen molar-refractivity contribution < 1.29 is 5.21 Å². The fourth-order valence-electron chi connectivity index (χ4n) is 1.55. The van der Waals surface area contributed by atoms with Crippen LogP contribution in [-0.4, -0.2) is 15.9 Å². The maximum atomic E-state index is 8.62. The predicted molar refractivity (Wildman–Crippen MR) is 42.1 cm³/mol. The van der Waals surface area contributed by atoms with Gasteiger partial charge in [0, 0.05) is 6.20 Å². The van der Waals surface area contributed by atoms with E-state index in [1.165, 1.54) is 5.56 Å². The summed E-state index contributed by atoms with van der Waals surface area (Å²) in [5.74, 6) is 0. The Morgan fingerprint density at radius 2 is 2.36 bits per heavy atom. The molecule has 0 radical (unpaired) electrons. The summed E-state index contributed by atoms with van der Waals surface area (Å²) in [6.07, 6.45) is 4.95. The van der Waals surface area contributed by atoms with Crippen molar-refractivity contribution in [1.82, 2.24) is 4.98 Å². The largest absolute Gasteiger partial charge is 0.411 e. The standard InChI is InChI=1S/C8H10N2O/c11-10-7-3-1-2-6-4-5-9-8(6)7/h4-5,9,11H,1-3H2/b10-7-. The van der Waals surface area contributed by atoms with E-state index in [0.717, 1.165) is 30.7 Å². The number of nitrogens with zero attached hydrogens (tertiary/aromatic N) is 1. The van der Waals surface area contributed by atoms with Gasteiger partial charge in [-0.15, -0.1) is 0 Å². The van der Waals surface area contributed by atoms with Crippen LogP contribution in [0.1, 0.15) is 24.1 Å². The first-order chi connectivity index (χ1) is 5.42. The monoisotopic (exact) mass is 150 g/mol. The van der Waals surface area contributed by atoms with Crippen molar-refractivity contribution in [2.75, 3.05) is 0 Å². The van der Waals surface area contributed by atoms with Gasteiger partial charge < -0.3 is 10.2 Å². The van der Waals surface area contributed by atoms with Crippen molar-refractivity contribution in [3.05, 3.63) is 23.5 Å². The lowest BCUT2D eigenvalue weighted by Gasteiger charge is -2.11.